The third-order valence-electron chi connectivity index (χ3n) is 2.61. The first kappa shape index (κ1) is 16.2. The highest BCUT2D eigenvalue weighted by Gasteiger charge is 2.16. The monoisotopic (exact) mass is 334 g/mol. The summed E-state index contributed by atoms with van der Waals surface area (Å²) >= 11 is 5.74. The van der Waals surface area contributed by atoms with Crippen LogP contribution in [0.3, 0.4) is 0 Å². The lowest BCUT2D eigenvalue weighted by Gasteiger charge is -2.06. The highest BCUT2D eigenvalue weighted by Crippen LogP contribution is 2.33. The summed E-state index contributed by atoms with van der Waals surface area (Å²) in [5.74, 6) is 0.478. The average Bonchev–Trinajstić information content (AvgIpc) is 2.50. The molecule has 0 aliphatic carbocycles. The van der Waals surface area contributed by atoms with Gasteiger partial charge >= 0.3 is 11.7 Å². The molecule has 0 aliphatic heterocycles. The molecule has 0 atom stereocenters. The Hall–Kier alpha value is -3.13. The zero-order chi connectivity index (χ0) is 16.8. The van der Waals surface area contributed by atoms with E-state index in [0.29, 0.717) is 11.3 Å². The molecule has 0 aromatic heterocycles. The Bertz CT molecular complexity index is 762. The predicted molar refractivity (Wildman–Crippen MR) is 84.9 cm³/mol. The van der Waals surface area contributed by atoms with E-state index in [1.165, 1.54) is 24.4 Å². The van der Waals surface area contributed by atoms with E-state index in [1.807, 2.05) is 0 Å². The Morgan fingerprint density at radius 1 is 1.30 bits per heavy atom. The zero-order valence-corrected chi connectivity index (χ0v) is 12.4. The van der Waals surface area contributed by atoms with E-state index in [0.717, 1.165) is 0 Å². The summed E-state index contributed by atoms with van der Waals surface area (Å²) in [6.07, 6.45) is 1.39. The van der Waals surface area contributed by atoms with E-state index in [4.69, 9.17) is 22.1 Å². The number of urea groups is 1. The second kappa shape index (κ2) is 7.23. The second-order valence-electron chi connectivity index (χ2n) is 4.27. The van der Waals surface area contributed by atoms with E-state index in [-0.39, 0.29) is 16.5 Å². The van der Waals surface area contributed by atoms with E-state index < -0.39 is 11.0 Å². The Balaban J connectivity index is 2.14. The number of hydrogen-bond acceptors (Lipinski definition) is 5. The number of nitrogens with two attached hydrogens (primary N) is 1. The number of halogens is 1. The second-order valence-corrected chi connectivity index (χ2v) is 4.71. The van der Waals surface area contributed by atoms with Crippen molar-refractivity contribution >= 4 is 29.5 Å². The highest BCUT2D eigenvalue weighted by atomic mass is 35.5. The van der Waals surface area contributed by atoms with Crippen molar-refractivity contribution in [1.82, 2.24) is 5.43 Å². The van der Waals surface area contributed by atoms with E-state index in [9.17, 15) is 14.9 Å². The van der Waals surface area contributed by atoms with Crippen LogP contribution < -0.4 is 15.9 Å². The minimum absolute atomic E-state index is 0.0798. The first-order valence-electron chi connectivity index (χ1n) is 6.26. The molecule has 0 heterocycles. The number of nitrogens with one attached hydrogen (secondary N) is 1. The van der Waals surface area contributed by atoms with Crippen molar-refractivity contribution in [3.63, 3.8) is 0 Å². The van der Waals surface area contributed by atoms with Crippen LogP contribution in [-0.2, 0) is 0 Å². The van der Waals surface area contributed by atoms with Gasteiger partial charge in [0.2, 0.25) is 5.75 Å². The Morgan fingerprint density at radius 2 is 2.00 bits per heavy atom. The fraction of sp³-hybridized carbons (Fsp3) is 0. The predicted octanol–water partition coefficient (Wildman–Crippen LogP) is 3.04. The van der Waals surface area contributed by atoms with Gasteiger partial charge in [-0.25, -0.2) is 10.2 Å². The van der Waals surface area contributed by atoms with Crippen LogP contribution in [0.4, 0.5) is 10.5 Å². The molecule has 0 radical (unpaired) electrons. The number of ether oxygens (including phenoxy) is 1. The lowest BCUT2D eigenvalue weighted by Crippen LogP contribution is -2.24. The molecule has 0 unspecified atom stereocenters. The van der Waals surface area contributed by atoms with Crippen LogP contribution in [0, 0.1) is 10.1 Å². The number of rotatable bonds is 5. The number of hydrazone groups is 1. The van der Waals surface area contributed by atoms with Crippen LogP contribution in [0.5, 0.6) is 11.5 Å². The molecular formula is C14H11ClN4O4. The van der Waals surface area contributed by atoms with E-state index in [1.54, 1.807) is 24.3 Å². The largest absolute Gasteiger partial charge is 0.450 e. The minimum atomic E-state index is -0.767. The molecule has 0 aliphatic rings. The van der Waals surface area contributed by atoms with Crippen LogP contribution in [0.25, 0.3) is 0 Å². The van der Waals surface area contributed by atoms with Gasteiger partial charge in [0, 0.05) is 11.1 Å². The molecule has 3 N–H and O–H groups in total. The summed E-state index contributed by atoms with van der Waals surface area (Å²) in [7, 11) is 0. The molecule has 23 heavy (non-hydrogen) atoms. The first-order valence-corrected chi connectivity index (χ1v) is 6.64. The Kier molecular flexibility index (Phi) is 5.11. The minimum Gasteiger partial charge on any atom is -0.450 e. The van der Waals surface area contributed by atoms with E-state index in [2.05, 4.69) is 10.5 Å². The zero-order valence-electron chi connectivity index (χ0n) is 11.6. The van der Waals surface area contributed by atoms with Gasteiger partial charge in [-0.05, 0) is 42.0 Å². The molecule has 118 valence electrons. The van der Waals surface area contributed by atoms with Gasteiger partial charge in [-0.15, -0.1) is 0 Å². The van der Waals surface area contributed by atoms with Crippen molar-refractivity contribution < 1.29 is 14.5 Å². The molecule has 2 rings (SSSR count). The molecule has 2 aromatic carbocycles. The normalized spacial score (nSPS) is 10.5. The van der Waals surface area contributed by atoms with Crippen LogP contribution in [0.1, 0.15) is 5.56 Å². The molecule has 2 aromatic rings. The summed E-state index contributed by atoms with van der Waals surface area (Å²) in [5.41, 5.74) is 7.38. The first-order chi connectivity index (χ1) is 11.0. The maximum absolute atomic E-state index is 11.0. The van der Waals surface area contributed by atoms with Gasteiger partial charge < -0.3 is 10.5 Å². The number of primary amides is 1. The summed E-state index contributed by atoms with van der Waals surface area (Å²) in [6, 6.07) is 9.89. The van der Waals surface area contributed by atoms with Gasteiger partial charge in [0.15, 0.2) is 0 Å². The molecule has 0 saturated heterocycles. The fourth-order valence-electron chi connectivity index (χ4n) is 1.64. The summed E-state index contributed by atoms with van der Waals surface area (Å²) in [5, 5.41) is 14.9. The van der Waals surface area contributed by atoms with Crippen LogP contribution >= 0.6 is 11.6 Å². The smallest absolute Gasteiger partial charge is 0.332 e. The SMILES string of the molecule is NC(=O)N/N=C\c1ccc(Oc2ccc(Cl)cc2[N+](=O)[O-])cc1. The highest BCUT2D eigenvalue weighted by molar-refractivity contribution is 6.30. The molecule has 8 nitrogen and oxygen atoms in total. The quantitative estimate of drug-likeness (QED) is 0.496. The molecule has 0 spiro atoms. The molecule has 9 heteroatoms. The van der Waals surface area contributed by atoms with Crippen LogP contribution in [0.15, 0.2) is 47.6 Å². The average molecular weight is 335 g/mol. The van der Waals surface area contributed by atoms with Gasteiger partial charge in [-0.2, -0.15) is 5.10 Å². The molecule has 0 fully saturated rings. The standard InChI is InChI=1S/C14H11ClN4O4/c15-10-3-6-13(12(7-10)19(21)22)23-11-4-1-9(2-5-11)8-17-18-14(16)20/h1-8H,(H3,16,18,20)/b17-8-. The number of nitro benzene ring substituents is 1. The van der Waals surface area contributed by atoms with Crippen molar-refractivity contribution in [2.45, 2.75) is 0 Å². The van der Waals surface area contributed by atoms with Crippen molar-refractivity contribution in [1.29, 1.82) is 0 Å². The molecule has 0 saturated carbocycles. The number of carbonyl (C=O) groups excluding carboxylic acids is 1. The van der Waals surface area contributed by atoms with Crippen molar-refractivity contribution in [2.75, 3.05) is 0 Å². The van der Waals surface area contributed by atoms with Crippen LogP contribution in [0.2, 0.25) is 5.02 Å². The summed E-state index contributed by atoms with van der Waals surface area (Å²) in [6.45, 7) is 0. The van der Waals surface area contributed by atoms with Gasteiger partial charge in [-0.3, -0.25) is 10.1 Å². The fourth-order valence-corrected chi connectivity index (χ4v) is 1.81. The van der Waals surface area contributed by atoms with Crippen molar-refractivity contribution in [3.05, 3.63) is 63.2 Å². The van der Waals surface area contributed by atoms with Gasteiger partial charge in [0.25, 0.3) is 0 Å². The number of nitro groups is 1. The van der Waals surface area contributed by atoms with Crippen molar-refractivity contribution in [3.8, 4) is 11.5 Å². The maximum Gasteiger partial charge on any atom is 0.332 e. The van der Waals surface area contributed by atoms with E-state index >= 15 is 0 Å². The topological polar surface area (TPSA) is 120 Å². The molecule has 2 amide bonds. The van der Waals surface area contributed by atoms with Crippen molar-refractivity contribution in [2.24, 2.45) is 10.8 Å². The lowest BCUT2D eigenvalue weighted by atomic mass is 10.2. The molecule has 0 bridgehead atoms. The number of benzene rings is 2. The Labute approximate surface area is 135 Å². The maximum atomic E-state index is 11.0. The third-order valence-corrected chi connectivity index (χ3v) is 2.85. The number of nitrogens with zero attached hydrogens (tertiary/aromatic N) is 2. The lowest BCUT2D eigenvalue weighted by molar-refractivity contribution is -0.385. The summed E-state index contributed by atoms with van der Waals surface area (Å²) < 4.78 is 5.49. The number of carbonyl (C=O) groups is 1. The van der Waals surface area contributed by atoms with Gasteiger partial charge in [-0.1, -0.05) is 11.6 Å². The number of amides is 2. The third kappa shape index (κ3) is 4.68. The van der Waals surface area contributed by atoms with Gasteiger partial charge in [0.1, 0.15) is 5.75 Å². The van der Waals surface area contributed by atoms with Gasteiger partial charge in [0.05, 0.1) is 11.1 Å². The van der Waals surface area contributed by atoms with Crippen LogP contribution in [-0.4, -0.2) is 17.2 Å². The summed E-state index contributed by atoms with van der Waals surface area (Å²) in [4.78, 5) is 20.9. The molecular weight excluding hydrogens is 324 g/mol. The Morgan fingerprint density at radius 3 is 2.61 bits per heavy atom. The number of hydrogen-bond donors (Lipinski definition) is 2.